The predicted molar refractivity (Wildman–Crippen MR) is 75.3 cm³/mol. The maximum atomic E-state index is 13.6. The van der Waals surface area contributed by atoms with Gasteiger partial charge in [0.05, 0.1) is 5.56 Å². The van der Waals surface area contributed by atoms with Crippen molar-refractivity contribution in [3.8, 4) is 0 Å². The smallest absolute Gasteiger partial charge is 0.254 e. The highest BCUT2D eigenvalue weighted by Crippen LogP contribution is 2.28. The molecule has 0 spiro atoms. The third-order valence-corrected chi connectivity index (χ3v) is 4.33. The standard InChI is InChI=1S/C14H16Cl2FNO/c15-10-5-6-11(13(17)7-10)14(19)18-8-9-3-1-2-4-12(9)16/h5-7,9,12H,1-4,8H2,(H,18,19). The Morgan fingerprint density at radius 1 is 1.37 bits per heavy atom. The monoisotopic (exact) mass is 303 g/mol. The van der Waals surface area contributed by atoms with Crippen molar-refractivity contribution in [2.24, 2.45) is 5.92 Å². The molecule has 2 nitrogen and oxygen atoms in total. The van der Waals surface area contributed by atoms with Crippen LogP contribution in [0.2, 0.25) is 5.02 Å². The van der Waals surface area contributed by atoms with E-state index in [9.17, 15) is 9.18 Å². The molecule has 1 aliphatic rings. The molecule has 0 saturated heterocycles. The van der Waals surface area contributed by atoms with Crippen LogP contribution in [0.5, 0.6) is 0 Å². The first-order valence-electron chi connectivity index (χ1n) is 6.45. The highest BCUT2D eigenvalue weighted by atomic mass is 35.5. The summed E-state index contributed by atoms with van der Waals surface area (Å²) >= 11 is 11.9. The van der Waals surface area contributed by atoms with Crippen LogP contribution in [0.15, 0.2) is 18.2 Å². The van der Waals surface area contributed by atoms with Gasteiger partial charge in [-0.1, -0.05) is 24.4 Å². The van der Waals surface area contributed by atoms with Gasteiger partial charge in [-0.25, -0.2) is 4.39 Å². The Morgan fingerprint density at radius 3 is 2.79 bits per heavy atom. The third-order valence-electron chi connectivity index (χ3n) is 3.52. The average Bonchev–Trinajstić information content (AvgIpc) is 2.37. The van der Waals surface area contributed by atoms with Gasteiger partial charge in [0.2, 0.25) is 0 Å². The highest BCUT2D eigenvalue weighted by molar-refractivity contribution is 6.30. The molecule has 0 radical (unpaired) electrons. The van der Waals surface area contributed by atoms with Gasteiger partial charge in [0, 0.05) is 16.9 Å². The van der Waals surface area contributed by atoms with Crippen molar-refractivity contribution >= 4 is 29.1 Å². The first-order valence-corrected chi connectivity index (χ1v) is 7.26. The van der Waals surface area contributed by atoms with Gasteiger partial charge in [-0.2, -0.15) is 0 Å². The van der Waals surface area contributed by atoms with Gasteiger partial charge < -0.3 is 5.32 Å². The lowest BCUT2D eigenvalue weighted by atomic mass is 9.88. The molecule has 0 aromatic heterocycles. The molecule has 0 bridgehead atoms. The molecule has 1 aliphatic carbocycles. The van der Waals surface area contributed by atoms with Gasteiger partial charge in [0.1, 0.15) is 5.82 Å². The molecule has 1 amide bonds. The number of amides is 1. The van der Waals surface area contributed by atoms with Crippen LogP contribution < -0.4 is 5.32 Å². The minimum absolute atomic E-state index is 0.0198. The van der Waals surface area contributed by atoms with Gasteiger partial charge in [0.15, 0.2) is 0 Å². The molecule has 0 heterocycles. The molecule has 5 heteroatoms. The van der Waals surface area contributed by atoms with E-state index in [4.69, 9.17) is 23.2 Å². The van der Waals surface area contributed by atoms with E-state index in [1.807, 2.05) is 0 Å². The van der Waals surface area contributed by atoms with Gasteiger partial charge in [0.25, 0.3) is 5.91 Å². The molecule has 2 atom stereocenters. The SMILES string of the molecule is O=C(NCC1CCCCC1Cl)c1ccc(Cl)cc1F. The number of hydrogen-bond donors (Lipinski definition) is 1. The molecular weight excluding hydrogens is 288 g/mol. The van der Waals surface area contributed by atoms with Crippen LogP contribution in [0.4, 0.5) is 4.39 Å². The summed E-state index contributed by atoms with van der Waals surface area (Å²) in [6.07, 6.45) is 4.28. The van der Waals surface area contributed by atoms with Crippen molar-refractivity contribution in [3.63, 3.8) is 0 Å². The number of benzene rings is 1. The van der Waals surface area contributed by atoms with Crippen molar-refractivity contribution in [1.29, 1.82) is 0 Å². The molecule has 104 valence electrons. The van der Waals surface area contributed by atoms with E-state index in [1.165, 1.54) is 12.1 Å². The van der Waals surface area contributed by atoms with E-state index in [0.29, 0.717) is 6.54 Å². The second-order valence-corrected chi connectivity index (χ2v) is 5.89. The van der Waals surface area contributed by atoms with Crippen LogP contribution in [0.25, 0.3) is 0 Å². The van der Waals surface area contributed by atoms with Gasteiger partial charge in [-0.3, -0.25) is 4.79 Å². The zero-order chi connectivity index (χ0) is 13.8. The van der Waals surface area contributed by atoms with Crippen LogP contribution in [0.1, 0.15) is 36.0 Å². The molecular formula is C14H16Cl2FNO. The van der Waals surface area contributed by atoms with E-state index in [2.05, 4.69) is 5.32 Å². The van der Waals surface area contributed by atoms with E-state index in [1.54, 1.807) is 0 Å². The number of halogens is 3. The Labute approximate surface area is 122 Å². The maximum absolute atomic E-state index is 13.6. The maximum Gasteiger partial charge on any atom is 0.254 e. The summed E-state index contributed by atoms with van der Waals surface area (Å²) in [6.45, 7) is 0.495. The summed E-state index contributed by atoms with van der Waals surface area (Å²) in [5.74, 6) is -0.741. The van der Waals surface area contributed by atoms with Crippen molar-refractivity contribution in [3.05, 3.63) is 34.6 Å². The zero-order valence-electron chi connectivity index (χ0n) is 10.5. The second-order valence-electron chi connectivity index (χ2n) is 4.89. The molecule has 2 unspecified atom stereocenters. The Hall–Kier alpha value is -0.800. The molecule has 1 saturated carbocycles. The normalized spacial score (nSPS) is 23.1. The van der Waals surface area contributed by atoms with Crippen LogP contribution >= 0.6 is 23.2 Å². The number of rotatable bonds is 3. The number of nitrogens with one attached hydrogen (secondary N) is 1. The highest BCUT2D eigenvalue weighted by Gasteiger charge is 2.24. The second kappa shape index (κ2) is 6.58. The lowest BCUT2D eigenvalue weighted by Gasteiger charge is -2.27. The largest absolute Gasteiger partial charge is 0.352 e. The summed E-state index contributed by atoms with van der Waals surface area (Å²) < 4.78 is 13.6. The fourth-order valence-electron chi connectivity index (χ4n) is 2.38. The first-order chi connectivity index (χ1) is 9.08. The van der Waals surface area contributed by atoms with Crippen molar-refractivity contribution in [2.45, 2.75) is 31.1 Å². The molecule has 1 N–H and O–H groups in total. The van der Waals surface area contributed by atoms with Gasteiger partial charge >= 0.3 is 0 Å². The molecule has 19 heavy (non-hydrogen) atoms. The van der Waals surface area contributed by atoms with Crippen LogP contribution in [0.3, 0.4) is 0 Å². The summed E-state index contributed by atoms with van der Waals surface area (Å²) in [5, 5.41) is 3.13. The van der Waals surface area contributed by atoms with Crippen molar-refractivity contribution in [1.82, 2.24) is 5.32 Å². The zero-order valence-corrected chi connectivity index (χ0v) is 12.0. The minimum Gasteiger partial charge on any atom is -0.352 e. The van der Waals surface area contributed by atoms with Crippen LogP contribution in [-0.4, -0.2) is 17.8 Å². The Kier molecular flexibility index (Phi) is 5.06. The summed E-state index contributed by atoms with van der Waals surface area (Å²) in [5.41, 5.74) is 0.0198. The quantitative estimate of drug-likeness (QED) is 0.840. The van der Waals surface area contributed by atoms with Crippen molar-refractivity contribution < 1.29 is 9.18 Å². The van der Waals surface area contributed by atoms with Crippen LogP contribution in [0, 0.1) is 11.7 Å². The lowest BCUT2D eigenvalue weighted by molar-refractivity contribution is 0.0940. The fraction of sp³-hybridized carbons (Fsp3) is 0.500. The first kappa shape index (κ1) is 14.6. The molecule has 1 fully saturated rings. The Bertz CT molecular complexity index is 467. The van der Waals surface area contributed by atoms with E-state index >= 15 is 0 Å². The molecule has 1 aromatic rings. The average molecular weight is 304 g/mol. The van der Waals surface area contributed by atoms with Crippen molar-refractivity contribution in [2.75, 3.05) is 6.54 Å². The van der Waals surface area contributed by atoms with E-state index in [-0.39, 0.29) is 21.9 Å². The van der Waals surface area contributed by atoms with Gasteiger partial charge in [-0.05, 0) is 37.0 Å². The number of hydrogen-bond acceptors (Lipinski definition) is 1. The van der Waals surface area contributed by atoms with E-state index in [0.717, 1.165) is 31.7 Å². The lowest BCUT2D eigenvalue weighted by Crippen LogP contribution is -2.35. The van der Waals surface area contributed by atoms with Crippen LogP contribution in [-0.2, 0) is 0 Å². The molecule has 2 rings (SSSR count). The van der Waals surface area contributed by atoms with E-state index < -0.39 is 11.7 Å². The minimum atomic E-state index is -0.601. The topological polar surface area (TPSA) is 29.1 Å². The fourth-order valence-corrected chi connectivity index (χ4v) is 2.91. The number of carbonyl (C=O) groups excluding carboxylic acids is 1. The summed E-state index contributed by atoms with van der Waals surface area (Å²) in [6, 6.07) is 4.04. The molecule has 0 aliphatic heterocycles. The molecule has 1 aromatic carbocycles. The number of alkyl halides is 1. The van der Waals surface area contributed by atoms with Gasteiger partial charge in [-0.15, -0.1) is 11.6 Å². The number of carbonyl (C=O) groups is 1. The summed E-state index contributed by atoms with van der Waals surface area (Å²) in [7, 11) is 0. The predicted octanol–water partition coefficient (Wildman–Crippen LogP) is 4.01. The Morgan fingerprint density at radius 2 is 2.11 bits per heavy atom. The summed E-state index contributed by atoms with van der Waals surface area (Å²) in [4.78, 5) is 11.9. The Balaban J connectivity index is 1.93. The third kappa shape index (κ3) is 3.83.